The molecule has 2 atom stereocenters. The number of ether oxygens (including phenoxy) is 1. The molecule has 0 aromatic rings. The van der Waals surface area contributed by atoms with Crippen LogP contribution in [0.3, 0.4) is 0 Å². The lowest BCUT2D eigenvalue weighted by molar-refractivity contribution is -0.00506. The zero-order chi connectivity index (χ0) is 11.1. The standard InChI is InChI=1S/C14H26O/c1-4-5-8-13-9-6-7-10-14(13)15-11-12(2)3/h6-7,12-14H,4-5,8-11H2,1-3H3/t13-,14+/m1/s1. The van der Waals surface area contributed by atoms with E-state index in [1.807, 2.05) is 0 Å². The second kappa shape index (κ2) is 7.05. The fourth-order valence-electron chi connectivity index (χ4n) is 2.14. The van der Waals surface area contributed by atoms with Gasteiger partial charge in [0.15, 0.2) is 0 Å². The van der Waals surface area contributed by atoms with Crippen LogP contribution in [0.4, 0.5) is 0 Å². The highest BCUT2D eigenvalue weighted by Crippen LogP contribution is 2.27. The van der Waals surface area contributed by atoms with Gasteiger partial charge in [-0.05, 0) is 31.1 Å². The number of allylic oxidation sites excluding steroid dienone is 1. The topological polar surface area (TPSA) is 9.23 Å². The fraction of sp³-hybridized carbons (Fsp3) is 0.857. The molecule has 0 saturated heterocycles. The molecule has 1 nitrogen and oxygen atoms in total. The molecular weight excluding hydrogens is 184 g/mol. The zero-order valence-corrected chi connectivity index (χ0v) is 10.5. The Bertz CT molecular complexity index is 184. The van der Waals surface area contributed by atoms with Gasteiger partial charge in [-0.1, -0.05) is 45.8 Å². The highest BCUT2D eigenvalue weighted by molar-refractivity contribution is 4.95. The first-order chi connectivity index (χ1) is 7.24. The van der Waals surface area contributed by atoms with Crippen LogP contribution in [-0.4, -0.2) is 12.7 Å². The Morgan fingerprint density at radius 3 is 2.67 bits per heavy atom. The summed E-state index contributed by atoms with van der Waals surface area (Å²) >= 11 is 0. The molecule has 1 aliphatic carbocycles. The van der Waals surface area contributed by atoms with Gasteiger partial charge in [0.2, 0.25) is 0 Å². The van der Waals surface area contributed by atoms with Crippen LogP contribution >= 0.6 is 0 Å². The SMILES string of the molecule is CCCC[C@@H]1CC=CC[C@@H]1OCC(C)C. The molecular formula is C14H26O. The summed E-state index contributed by atoms with van der Waals surface area (Å²) in [6, 6.07) is 0. The smallest absolute Gasteiger partial charge is 0.0640 e. The van der Waals surface area contributed by atoms with Gasteiger partial charge in [-0.3, -0.25) is 0 Å². The summed E-state index contributed by atoms with van der Waals surface area (Å²) in [4.78, 5) is 0. The van der Waals surface area contributed by atoms with E-state index < -0.39 is 0 Å². The fourth-order valence-corrected chi connectivity index (χ4v) is 2.14. The van der Waals surface area contributed by atoms with Crippen molar-refractivity contribution in [2.24, 2.45) is 11.8 Å². The number of hydrogen-bond donors (Lipinski definition) is 0. The lowest BCUT2D eigenvalue weighted by Crippen LogP contribution is -2.27. The summed E-state index contributed by atoms with van der Waals surface area (Å²) in [7, 11) is 0. The summed E-state index contributed by atoms with van der Waals surface area (Å²) in [6.45, 7) is 7.63. The molecule has 0 radical (unpaired) electrons. The molecule has 0 aliphatic heterocycles. The molecule has 1 heteroatoms. The van der Waals surface area contributed by atoms with Crippen LogP contribution in [0, 0.1) is 11.8 Å². The highest BCUT2D eigenvalue weighted by Gasteiger charge is 2.22. The largest absolute Gasteiger partial charge is 0.377 e. The third-order valence-corrected chi connectivity index (χ3v) is 3.07. The Balaban J connectivity index is 2.33. The highest BCUT2D eigenvalue weighted by atomic mass is 16.5. The molecule has 0 amide bonds. The van der Waals surface area contributed by atoms with E-state index in [0.29, 0.717) is 12.0 Å². The van der Waals surface area contributed by atoms with Crippen LogP contribution < -0.4 is 0 Å². The summed E-state index contributed by atoms with van der Waals surface area (Å²) in [5, 5.41) is 0. The van der Waals surface area contributed by atoms with E-state index in [2.05, 4.69) is 32.9 Å². The Labute approximate surface area is 94.9 Å². The van der Waals surface area contributed by atoms with Crippen LogP contribution in [-0.2, 0) is 4.74 Å². The molecule has 0 aromatic heterocycles. The van der Waals surface area contributed by atoms with Crippen molar-refractivity contribution in [2.75, 3.05) is 6.61 Å². The van der Waals surface area contributed by atoms with Crippen molar-refractivity contribution in [2.45, 2.75) is 59.0 Å². The van der Waals surface area contributed by atoms with Gasteiger partial charge in [-0.15, -0.1) is 0 Å². The van der Waals surface area contributed by atoms with Crippen molar-refractivity contribution in [3.8, 4) is 0 Å². The molecule has 0 unspecified atom stereocenters. The van der Waals surface area contributed by atoms with E-state index in [1.54, 1.807) is 0 Å². The Kier molecular flexibility index (Phi) is 6.00. The molecule has 0 heterocycles. The van der Waals surface area contributed by atoms with E-state index in [-0.39, 0.29) is 0 Å². The minimum Gasteiger partial charge on any atom is -0.377 e. The van der Waals surface area contributed by atoms with E-state index >= 15 is 0 Å². The van der Waals surface area contributed by atoms with E-state index in [1.165, 1.54) is 25.7 Å². The first kappa shape index (κ1) is 12.8. The van der Waals surface area contributed by atoms with Crippen molar-refractivity contribution in [3.05, 3.63) is 12.2 Å². The van der Waals surface area contributed by atoms with E-state index in [0.717, 1.165) is 18.9 Å². The molecule has 0 spiro atoms. The molecule has 1 rings (SSSR count). The van der Waals surface area contributed by atoms with Crippen molar-refractivity contribution in [1.29, 1.82) is 0 Å². The Morgan fingerprint density at radius 2 is 2.00 bits per heavy atom. The van der Waals surface area contributed by atoms with Crippen LogP contribution in [0.1, 0.15) is 52.9 Å². The average molecular weight is 210 g/mol. The lowest BCUT2D eigenvalue weighted by atomic mass is 9.87. The Hall–Kier alpha value is -0.300. The van der Waals surface area contributed by atoms with Crippen molar-refractivity contribution < 1.29 is 4.74 Å². The van der Waals surface area contributed by atoms with Crippen LogP contribution in [0.2, 0.25) is 0 Å². The lowest BCUT2D eigenvalue weighted by Gasteiger charge is -2.29. The van der Waals surface area contributed by atoms with Crippen molar-refractivity contribution in [1.82, 2.24) is 0 Å². The minimum atomic E-state index is 0.490. The van der Waals surface area contributed by atoms with Gasteiger partial charge in [0.25, 0.3) is 0 Å². The predicted molar refractivity (Wildman–Crippen MR) is 66.0 cm³/mol. The molecule has 0 saturated carbocycles. The maximum Gasteiger partial charge on any atom is 0.0640 e. The molecule has 0 fully saturated rings. The summed E-state index contributed by atoms with van der Waals surface area (Å²) in [5.41, 5.74) is 0. The first-order valence-electron chi connectivity index (χ1n) is 6.50. The molecule has 15 heavy (non-hydrogen) atoms. The average Bonchev–Trinajstić information content (AvgIpc) is 2.24. The molecule has 0 N–H and O–H groups in total. The van der Waals surface area contributed by atoms with E-state index in [9.17, 15) is 0 Å². The van der Waals surface area contributed by atoms with Gasteiger partial charge in [-0.2, -0.15) is 0 Å². The third-order valence-electron chi connectivity index (χ3n) is 3.07. The van der Waals surface area contributed by atoms with Crippen LogP contribution in [0.15, 0.2) is 12.2 Å². The molecule has 1 aliphatic rings. The van der Waals surface area contributed by atoms with Crippen LogP contribution in [0.25, 0.3) is 0 Å². The van der Waals surface area contributed by atoms with Crippen molar-refractivity contribution >= 4 is 0 Å². The van der Waals surface area contributed by atoms with Gasteiger partial charge in [-0.25, -0.2) is 0 Å². The minimum absolute atomic E-state index is 0.490. The maximum atomic E-state index is 6.00. The summed E-state index contributed by atoms with van der Waals surface area (Å²) in [6.07, 6.45) is 11.4. The molecule has 88 valence electrons. The predicted octanol–water partition coefficient (Wildman–Crippen LogP) is 4.18. The van der Waals surface area contributed by atoms with E-state index in [4.69, 9.17) is 4.74 Å². The summed E-state index contributed by atoms with van der Waals surface area (Å²) < 4.78 is 6.00. The number of hydrogen-bond acceptors (Lipinski definition) is 1. The summed E-state index contributed by atoms with van der Waals surface area (Å²) in [5.74, 6) is 1.43. The number of rotatable bonds is 6. The van der Waals surface area contributed by atoms with Gasteiger partial charge in [0.05, 0.1) is 6.10 Å². The number of unbranched alkanes of at least 4 members (excludes halogenated alkanes) is 1. The van der Waals surface area contributed by atoms with Crippen molar-refractivity contribution in [3.63, 3.8) is 0 Å². The third kappa shape index (κ3) is 4.83. The van der Waals surface area contributed by atoms with Crippen LogP contribution in [0.5, 0.6) is 0 Å². The molecule has 0 bridgehead atoms. The van der Waals surface area contributed by atoms with Gasteiger partial charge < -0.3 is 4.74 Å². The maximum absolute atomic E-state index is 6.00. The van der Waals surface area contributed by atoms with Gasteiger partial charge in [0, 0.05) is 6.61 Å². The zero-order valence-electron chi connectivity index (χ0n) is 10.5. The van der Waals surface area contributed by atoms with Gasteiger partial charge in [0.1, 0.15) is 0 Å². The normalized spacial score (nSPS) is 26.1. The van der Waals surface area contributed by atoms with Gasteiger partial charge >= 0.3 is 0 Å². The quantitative estimate of drug-likeness (QED) is 0.597. The first-order valence-corrected chi connectivity index (χ1v) is 6.50. The molecule has 0 aromatic carbocycles. The second-order valence-corrected chi connectivity index (χ2v) is 5.11. The monoisotopic (exact) mass is 210 g/mol. The second-order valence-electron chi connectivity index (χ2n) is 5.11. The Morgan fingerprint density at radius 1 is 1.27 bits per heavy atom.